The van der Waals surface area contributed by atoms with Crippen LogP contribution in [-0.2, 0) is 17.8 Å². The highest BCUT2D eigenvalue weighted by molar-refractivity contribution is 5.98. The third-order valence-electron chi connectivity index (χ3n) is 8.24. The molecule has 0 bridgehead atoms. The number of aromatic nitrogens is 1. The Morgan fingerprint density at radius 1 is 1.14 bits per heavy atom. The molecule has 1 saturated heterocycles. The Balaban J connectivity index is 1.33. The zero-order valence-electron chi connectivity index (χ0n) is 24.6. The second-order valence-electron chi connectivity index (χ2n) is 11.6. The van der Waals surface area contributed by atoms with Gasteiger partial charge in [-0.1, -0.05) is 24.3 Å². The van der Waals surface area contributed by atoms with Gasteiger partial charge in [-0.2, -0.15) is 0 Å². The summed E-state index contributed by atoms with van der Waals surface area (Å²) < 4.78 is 47.2. The molecule has 1 aliphatic heterocycles. The molecule has 2 aliphatic rings. The fourth-order valence-electron chi connectivity index (χ4n) is 6.08. The molecule has 43 heavy (non-hydrogen) atoms. The number of ketones is 1. The summed E-state index contributed by atoms with van der Waals surface area (Å²) in [5.74, 6) is -3.85. The van der Waals surface area contributed by atoms with Gasteiger partial charge in [-0.3, -0.25) is 19.5 Å². The minimum atomic E-state index is -3.06. The third kappa shape index (κ3) is 7.16. The van der Waals surface area contributed by atoms with Crippen molar-refractivity contribution < 1.29 is 27.5 Å². The maximum absolute atomic E-state index is 14.9. The van der Waals surface area contributed by atoms with E-state index in [0.29, 0.717) is 30.7 Å². The first-order chi connectivity index (χ1) is 20.5. The number of carbonyl (C=O) groups is 2. The Labute approximate surface area is 250 Å². The van der Waals surface area contributed by atoms with Gasteiger partial charge in [0, 0.05) is 49.5 Å². The maximum atomic E-state index is 14.9. The summed E-state index contributed by atoms with van der Waals surface area (Å²) in [6, 6.07) is 13.6. The van der Waals surface area contributed by atoms with Crippen molar-refractivity contribution in [1.82, 2.24) is 15.2 Å². The molecule has 2 aromatic carbocycles. The first-order valence-electron chi connectivity index (χ1n) is 14.5. The zero-order valence-corrected chi connectivity index (χ0v) is 24.6. The Morgan fingerprint density at radius 3 is 2.70 bits per heavy atom. The number of alkyl halides is 2. The van der Waals surface area contributed by atoms with Crippen molar-refractivity contribution in [3.63, 3.8) is 0 Å². The summed E-state index contributed by atoms with van der Waals surface area (Å²) in [7, 11) is 1.44. The quantitative estimate of drug-likeness (QED) is 0.287. The van der Waals surface area contributed by atoms with Crippen molar-refractivity contribution in [2.24, 2.45) is 5.92 Å². The molecule has 9 heteroatoms. The first-order valence-corrected chi connectivity index (χ1v) is 14.5. The number of aryl methyl sites for hydroxylation is 1. The van der Waals surface area contributed by atoms with Gasteiger partial charge in [-0.25, -0.2) is 13.2 Å². The number of nitrogens with one attached hydrogen (secondary N) is 1. The smallest absolute Gasteiger partial charge is 0.262 e. The van der Waals surface area contributed by atoms with E-state index in [4.69, 9.17) is 4.74 Å². The van der Waals surface area contributed by atoms with E-state index in [0.717, 1.165) is 41.3 Å². The second kappa shape index (κ2) is 12.7. The lowest BCUT2D eigenvalue weighted by Gasteiger charge is -2.39. The van der Waals surface area contributed by atoms with Gasteiger partial charge in [-0.05, 0) is 84.7 Å². The number of amides is 1. The lowest BCUT2D eigenvalue weighted by Crippen LogP contribution is -2.52. The molecule has 1 fully saturated rings. The topological polar surface area (TPSA) is 71.5 Å². The average Bonchev–Trinajstić information content (AvgIpc) is 3.40. The highest BCUT2D eigenvalue weighted by atomic mass is 19.3. The van der Waals surface area contributed by atoms with Crippen molar-refractivity contribution >= 4 is 17.3 Å². The molecule has 1 amide bonds. The van der Waals surface area contributed by atoms with Crippen molar-refractivity contribution in [1.29, 1.82) is 0 Å². The number of nitrogens with zero attached hydrogens (tertiary/aromatic N) is 2. The number of halogens is 3. The number of likely N-dealkylation sites (tertiary alicyclic amines) is 1. The number of methoxy groups -OCH3 is 1. The molecule has 1 aliphatic carbocycles. The van der Waals surface area contributed by atoms with Gasteiger partial charge in [-0.15, -0.1) is 0 Å². The maximum Gasteiger partial charge on any atom is 0.262 e. The number of hydrogen-bond donors (Lipinski definition) is 1. The van der Waals surface area contributed by atoms with E-state index in [1.807, 2.05) is 37.3 Å². The van der Waals surface area contributed by atoms with Gasteiger partial charge in [0.15, 0.2) is 5.78 Å². The number of Topliss-reactive ketones (excluding diaryl/α,β-unsaturated/α-hetero) is 1. The van der Waals surface area contributed by atoms with Gasteiger partial charge in [0.2, 0.25) is 5.91 Å². The summed E-state index contributed by atoms with van der Waals surface area (Å²) >= 11 is 0. The fourth-order valence-corrected chi connectivity index (χ4v) is 6.08. The Bertz CT molecular complexity index is 1550. The predicted octanol–water partition coefficient (Wildman–Crippen LogP) is 6.15. The van der Waals surface area contributed by atoms with Gasteiger partial charge < -0.3 is 10.1 Å². The number of ether oxygens (including phenoxy) is 1. The third-order valence-corrected chi connectivity index (χ3v) is 8.24. The molecule has 6 nitrogen and oxygen atoms in total. The predicted molar refractivity (Wildman–Crippen MR) is 159 cm³/mol. The monoisotopic (exact) mass is 591 g/mol. The largest absolute Gasteiger partial charge is 0.496 e. The minimum Gasteiger partial charge on any atom is -0.496 e. The lowest BCUT2D eigenvalue weighted by molar-refractivity contribution is -0.130. The summed E-state index contributed by atoms with van der Waals surface area (Å²) in [6.45, 7) is 2.28. The highest BCUT2D eigenvalue weighted by Gasteiger charge is 2.36. The van der Waals surface area contributed by atoms with E-state index < -0.39 is 30.2 Å². The number of carbonyl (C=O) groups excluding carboxylic acids is 2. The molecular formula is C34H36F3N3O3. The molecule has 226 valence electrons. The highest BCUT2D eigenvalue weighted by Crippen LogP contribution is 2.35. The van der Waals surface area contributed by atoms with Crippen LogP contribution in [0.25, 0.3) is 5.57 Å². The molecule has 3 aromatic rings. The van der Waals surface area contributed by atoms with Crippen molar-refractivity contribution in [3.8, 4) is 5.75 Å². The van der Waals surface area contributed by atoms with E-state index in [9.17, 15) is 22.8 Å². The van der Waals surface area contributed by atoms with E-state index in [-0.39, 0.29) is 30.2 Å². The molecule has 2 atom stereocenters. The summed E-state index contributed by atoms with van der Waals surface area (Å²) in [6.07, 6.45) is 5.91. The standard InChI is InChI=1S/C34H36F3N3O3/c1-21-15-24(13-14-38-21)26-11-10-23-8-9-25(17-27(23)26)31(41)16-22-7-12-30(33(42)39-20-34(2,36)37)40(18-22)19-28-29(35)5-4-6-32(28)43-3/h4-6,8-9,11,13-15,17,22,30H,7,10,12,16,18-20H2,1-3H3,(H,39,42)/t22-,30-/m0/s1. The SMILES string of the molecule is COc1cccc(F)c1CN1C[C@H](CC(=O)c2ccc3c(c2)C(c2ccnc(C)c2)=CC3)CC[C@H]1C(=O)NCC(C)(F)F. The van der Waals surface area contributed by atoms with Gasteiger partial charge in [0.25, 0.3) is 5.92 Å². The van der Waals surface area contributed by atoms with Crippen LogP contribution in [0.4, 0.5) is 13.2 Å². The average molecular weight is 592 g/mol. The number of rotatable bonds is 10. The van der Waals surface area contributed by atoms with Crippen LogP contribution in [0.3, 0.4) is 0 Å². The van der Waals surface area contributed by atoms with E-state index in [2.05, 4.69) is 16.4 Å². The molecule has 5 rings (SSSR count). The molecule has 0 radical (unpaired) electrons. The molecule has 0 spiro atoms. The Morgan fingerprint density at radius 2 is 1.95 bits per heavy atom. The van der Waals surface area contributed by atoms with Crippen molar-refractivity contribution in [3.05, 3.63) is 100 Å². The van der Waals surface area contributed by atoms with Gasteiger partial charge in [0.05, 0.1) is 19.7 Å². The molecule has 1 aromatic heterocycles. The Hall–Kier alpha value is -3.98. The first kappa shape index (κ1) is 30.5. The number of allylic oxidation sites excluding steroid dienone is 1. The summed E-state index contributed by atoms with van der Waals surface area (Å²) in [5, 5.41) is 2.35. The van der Waals surface area contributed by atoms with Crippen LogP contribution in [-0.4, -0.2) is 53.7 Å². The van der Waals surface area contributed by atoms with Crippen molar-refractivity contribution in [2.75, 3.05) is 20.2 Å². The molecule has 1 N–H and O–H groups in total. The van der Waals surface area contributed by atoms with E-state index in [1.54, 1.807) is 17.2 Å². The zero-order chi connectivity index (χ0) is 30.7. The van der Waals surface area contributed by atoms with Crippen molar-refractivity contribution in [2.45, 2.75) is 58.0 Å². The fraction of sp³-hybridized carbons (Fsp3) is 0.382. The van der Waals surface area contributed by atoms with E-state index in [1.165, 1.54) is 19.2 Å². The number of fused-ring (bicyclic) bond motifs is 1. The number of piperidine rings is 1. The molecular weight excluding hydrogens is 555 g/mol. The van der Waals surface area contributed by atoms with Crippen LogP contribution < -0.4 is 10.1 Å². The van der Waals surface area contributed by atoms with Gasteiger partial charge >= 0.3 is 0 Å². The van der Waals surface area contributed by atoms with Gasteiger partial charge in [0.1, 0.15) is 11.6 Å². The molecule has 0 saturated carbocycles. The van der Waals surface area contributed by atoms with E-state index >= 15 is 0 Å². The summed E-state index contributed by atoms with van der Waals surface area (Å²) in [4.78, 5) is 32.7. The Kier molecular flexibility index (Phi) is 9.01. The normalized spacial score (nSPS) is 18.6. The van der Waals surface area contributed by atoms with Crippen LogP contribution in [0.1, 0.15) is 64.5 Å². The minimum absolute atomic E-state index is 0.0121. The van der Waals surface area contributed by atoms with Crippen LogP contribution in [0.15, 0.2) is 60.8 Å². The number of hydrogen-bond acceptors (Lipinski definition) is 5. The number of benzene rings is 2. The number of pyridine rings is 1. The van der Waals surface area contributed by atoms with Crippen LogP contribution >= 0.6 is 0 Å². The van der Waals surface area contributed by atoms with Crippen LogP contribution in [0.5, 0.6) is 5.75 Å². The van der Waals surface area contributed by atoms with Crippen LogP contribution in [0, 0.1) is 18.7 Å². The molecule has 0 unspecified atom stereocenters. The molecule has 2 heterocycles. The second-order valence-corrected chi connectivity index (χ2v) is 11.6. The summed E-state index contributed by atoms with van der Waals surface area (Å²) in [5.41, 5.74) is 6.17. The lowest BCUT2D eigenvalue weighted by atomic mass is 9.86. The van der Waals surface area contributed by atoms with Crippen LogP contribution in [0.2, 0.25) is 0 Å².